The fraction of sp³-hybridized carbons (Fsp3) is 0.143. The number of non-ortho nitro benzene ring substituents is 1. The van der Waals surface area contributed by atoms with Gasteiger partial charge in [-0.3, -0.25) is 10.1 Å². The fourth-order valence-electron chi connectivity index (χ4n) is 1.79. The van der Waals surface area contributed by atoms with Gasteiger partial charge in [0, 0.05) is 18.7 Å². The number of halogens is 1. The summed E-state index contributed by atoms with van der Waals surface area (Å²) in [6.45, 7) is 0.439. The van der Waals surface area contributed by atoms with E-state index in [0.717, 1.165) is 5.56 Å². The van der Waals surface area contributed by atoms with Gasteiger partial charge < -0.3 is 15.2 Å². The summed E-state index contributed by atoms with van der Waals surface area (Å²) >= 11 is 5.99. The highest BCUT2D eigenvalue weighted by atomic mass is 35.5. The summed E-state index contributed by atoms with van der Waals surface area (Å²) in [4.78, 5) is 10.1. The molecule has 2 N–H and O–H groups in total. The van der Waals surface area contributed by atoms with Crippen LogP contribution < -0.4 is 10.1 Å². The van der Waals surface area contributed by atoms with Gasteiger partial charge in [-0.2, -0.15) is 0 Å². The molecule has 0 aliphatic carbocycles. The molecule has 0 aliphatic heterocycles. The molecule has 0 spiro atoms. The molecule has 21 heavy (non-hydrogen) atoms. The van der Waals surface area contributed by atoms with E-state index in [9.17, 15) is 15.2 Å². The van der Waals surface area contributed by atoms with Gasteiger partial charge in [0.05, 0.1) is 22.7 Å². The van der Waals surface area contributed by atoms with E-state index in [-0.39, 0.29) is 16.5 Å². The highest BCUT2D eigenvalue weighted by Gasteiger charge is 2.09. The normalized spacial score (nSPS) is 10.2. The minimum atomic E-state index is -0.500. The number of anilines is 1. The molecule has 0 heterocycles. The standard InChI is InChI=1S/C14H13ClN2O4/c1-21-14-6-9(2-5-13(14)18)8-16-12-4-3-10(17(19)20)7-11(12)15/h2-7,16,18H,8H2,1H3. The van der Waals surface area contributed by atoms with E-state index in [1.807, 2.05) is 0 Å². The minimum absolute atomic E-state index is 0.0585. The Morgan fingerprint density at radius 1 is 1.33 bits per heavy atom. The van der Waals surface area contributed by atoms with Crippen LogP contribution in [0.4, 0.5) is 11.4 Å². The summed E-state index contributed by atoms with van der Waals surface area (Å²) in [5.74, 6) is 0.443. The Hall–Kier alpha value is -2.47. The van der Waals surface area contributed by atoms with Crippen molar-refractivity contribution in [3.63, 3.8) is 0 Å². The van der Waals surface area contributed by atoms with Crippen LogP contribution in [-0.2, 0) is 6.54 Å². The predicted octanol–water partition coefficient (Wildman–Crippen LogP) is 3.57. The van der Waals surface area contributed by atoms with Crippen molar-refractivity contribution in [2.45, 2.75) is 6.54 Å². The molecule has 0 amide bonds. The molecular formula is C14H13ClN2O4. The Morgan fingerprint density at radius 3 is 2.71 bits per heavy atom. The molecule has 2 rings (SSSR count). The van der Waals surface area contributed by atoms with Crippen molar-refractivity contribution < 1.29 is 14.8 Å². The number of benzene rings is 2. The van der Waals surface area contributed by atoms with Crippen LogP contribution in [0.15, 0.2) is 36.4 Å². The van der Waals surface area contributed by atoms with Gasteiger partial charge in [-0.25, -0.2) is 0 Å². The zero-order valence-corrected chi connectivity index (χ0v) is 11.9. The van der Waals surface area contributed by atoms with Crippen LogP contribution in [0.3, 0.4) is 0 Å². The SMILES string of the molecule is COc1cc(CNc2ccc([N+](=O)[O-])cc2Cl)ccc1O. The number of phenolic OH excluding ortho intramolecular Hbond substituents is 1. The number of nitrogens with one attached hydrogen (secondary N) is 1. The number of nitro groups is 1. The summed E-state index contributed by atoms with van der Waals surface area (Å²) in [5.41, 5.74) is 1.41. The molecule has 0 unspecified atom stereocenters. The Bertz CT molecular complexity index is 676. The van der Waals surface area contributed by atoms with Crippen molar-refractivity contribution in [3.8, 4) is 11.5 Å². The predicted molar refractivity (Wildman–Crippen MR) is 80.1 cm³/mol. The number of phenols is 1. The Kier molecular flexibility index (Phi) is 4.49. The minimum Gasteiger partial charge on any atom is -0.504 e. The molecule has 110 valence electrons. The number of hydrogen-bond acceptors (Lipinski definition) is 5. The Morgan fingerprint density at radius 2 is 2.10 bits per heavy atom. The summed E-state index contributed by atoms with van der Waals surface area (Å²) in [5, 5.41) is 23.5. The first-order valence-corrected chi connectivity index (χ1v) is 6.42. The lowest BCUT2D eigenvalue weighted by atomic mass is 10.2. The zero-order valence-electron chi connectivity index (χ0n) is 11.2. The lowest BCUT2D eigenvalue weighted by Gasteiger charge is -2.10. The highest BCUT2D eigenvalue weighted by Crippen LogP contribution is 2.29. The molecule has 0 bridgehead atoms. The van der Waals surface area contributed by atoms with E-state index < -0.39 is 4.92 Å². The van der Waals surface area contributed by atoms with Crippen molar-refractivity contribution in [3.05, 3.63) is 57.1 Å². The van der Waals surface area contributed by atoms with Crippen LogP contribution in [0.1, 0.15) is 5.56 Å². The smallest absolute Gasteiger partial charge is 0.271 e. The third-order valence-corrected chi connectivity index (χ3v) is 3.20. The third-order valence-electron chi connectivity index (χ3n) is 2.89. The van der Waals surface area contributed by atoms with Crippen LogP contribution in [0.2, 0.25) is 5.02 Å². The molecule has 0 saturated heterocycles. The quantitative estimate of drug-likeness (QED) is 0.651. The first kappa shape index (κ1) is 14.9. The summed E-state index contributed by atoms with van der Waals surface area (Å²) in [6, 6.07) is 9.20. The monoisotopic (exact) mass is 308 g/mol. The maximum absolute atomic E-state index is 10.6. The number of aromatic hydroxyl groups is 1. The second kappa shape index (κ2) is 6.32. The van der Waals surface area contributed by atoms with E-state index in [4.69, 9.17) is 16.3 Å². The molecule has 7 heteroatoms. The highest BCUT2D eigenvalue weighted by molar-refractivity contribution is 6.33. The largest absolute Gasteiger partial charge is 0.504 e. The van der Waals surface area contributed by atoms with Gasteiger partial charge in [0.15, 0.2) is 11.5 Å². The van der Waals surface area contributed by atoms with Gasteiger partial charge in [-0.05, 0) is 23.8 Å². The van der Waals surface area contributed by atoms with Crippen LogP contribution >= 0.6 is 11.6 Å². The van der Waals surface area contributed by atoms with Gasteiger partial charge in [0.25, 0.3) is 5.69 Å². The number of hydrogen-bond donors (Lipinski definition) is 2. The topological polar surface area (TPSA) is 84.6 Å². The molecule has 0 saturated carbocycles. The van der Waals surface area contributed by atoms with Gasteiger partial charge in [0.1, 0.15) is 0 Å². The summed E-state index contributed by atoms with van der Waals surface area (Å²) < 4.78 is 5.02. The molecule has 0 atom stereocenters. The van der Waals surface area contributed by atoms with Gasteiger partial charge >= 0.3 is 0 Å². The number of nitro benzene ring substituents is 1. The molecular weight excluding hydrogens is 296 g/mol. The Labute approximate surface area is 126 Å². The molecule has 0 aromatic heterocycles. The number of ether oxygens (including phenoxy) is 1. The first-order valence-electron chi connectivity index (χ1n) is 6.05. The first-order chi connectivity index (χ1) is 10.0. The van der Waals surface area contributed by atoms with Crippen LogP contribution in [0.25, 0.3) is 0 Å². The van der Waals surface area contributed by atoms with E-state index in [2.05, 4.69) is 5.32 Å². The van der Waals surface area contributed by atoms with Crippen molar-refractivity contribution in [2.24, 2.45) is 0 Å². The lowest BCUT2D eigenvalue weighted by molar-refractivity contribution is -0.384. The van der Waals surface area contributed by atoms with Crippen molar-refractivity contribution in [1.82, 2.24) is 0 Å². The van der Waals surface area contributed by atoms with E-state index in [0.29, 0.717) is 18.0 Å². The van der Waals surface area contributed by atoms with Gasteiger partial charge in [-0.1, -0.05) is 17.7 Å². The fourth-order valence-corrected chi connectivity index (χ4v) is 2.03. The Balaban J connectivity index is 2.11. The number of methoxy groups -OCH3 is 1. The van der Waals surface area contributed by atoms with E-state index in [1.165, 1.54) is 25.3 Å². The van der Waals surface area contributed by atoms with Crippen molar-refractivity contribution in [1.29, 1.82) is 0 Å². The number of rotatable bonds is 5. The van der Waals surface area contributed by atoms with Gasteiger partial charge in [-0.15, -0.1) is 0 Å². The number of nitrogens with zero attached hydrogens (tertiary/aromatic N) is 1. The molecule has 0 radical (unpaired) electrons. The lowest BCUT2D eigenvalue weighted by Crippen LogP contribution is -2.01. The molecule has 6 nitrogen and oxygen atoms in total. The maximum atomic E-state index is 10.6. The van der Waals surface area contributed by atoms with Gasteiger partial charge in [0.2, 0.25) is 0 Å². The summed E-state index contributed by atoms with van der Waals surface area (Å²) in [7, 11) is 1.47. The molecule has 0 fully saturated rings. The second-order valence-electron chi connectivity index (χ2n) is 4.28. The van der Waals surface area contributed by atoms with Crippen molar-refractivity contribution in [2.75, 3.05) is 12.4 Å². The van der Waals surface area contributed by atoms with Crippen LogP contribution in [-0.4, -0.2) is 17.1 Å². The average molecular weight is 309 g/mol. The zero-order chi connectivity index (χ0) is 15.4. The molecule has 2 aromatic rings. The van der Waals surface area contributed by atoms with Crippen molar-refractivity contribution >= 4 is 23.0 Å². The van der Waals surface area contributed by atoms with Crippen LogP contribution in [0.5, 0.6) is 11.5 Å². The van der Waals surface area contributed by atoms with E-state index >= 15 is 0 Å². The summed E-state index contributed by atoms with van der Waals surface area (Å²) in [6.07, 6.45) is 0. The third kappa shape index (κ3) is 3.55. The maximum Gasteiger partial charge on any atom is 0.271 e. The van der Waals surface area contributed by atoms with Crippen LogP contribution in [0, 0.1) is 10.1 Å². The molecule has 2 aromatic carbocycles. The van der Waals surface area contributed by atoms with E-state index in [1.54, 1.807) is 18.2 Å². The second-order valence-corrected chi connectivity index (χ2v) is 4.69. The average Bonchev–Trinajstić information content (AvgIpc) is 2.47. The molecule has 0 aliphatic rings.